The summed E-state index contributed by atoms with van der Waals surface area (Å²) in [5.74, 6) is 0. The Hall–Kier alpha value is -1.35. The molecule has 3 nitrogen and oxygen atoms in total. The molecule has 3 heteroatoms. The highest BCUT2D eigenvalue weighted by Gasteiger charge is 2.03. The zero-order chi connectivity index (χ0) is 10.6. The molecule has 1 N–H and O–H groups in total. The van der Waals surface area contributed by atoms with Gasteiger partial charge in [0.25, 0.3) is 0 Å². The van der Waals surface area contributed by atoms with Gasteiger partial charge in [0.1, 0.15) is 0 Å². The van der Waals surface area contributed by atoms with E-state index in [0.29, 0.717) is 5.69 Å². The van der Waals surface area contributed by atoms with Gasteiger partial charge in [-0.15, -0.1) is 6.58 Å². The van der Waals surface area contributed by atoms with E-state index >= 15 is 0 Å². The number of aromatic nitrogens is 1. The first-order valence-corrected chi connectivity index (χ1v) is 4.61. The number of hydrogen-bond donors (Lipinski definition) is 1. The minimum absolute atomic E-state index is 0.506. The lowest BCUT2D eigenvalue weighted by atomic mass is 10.2. The first kappa shape index (κ1) is 10.7. The summed E-state index contributed by atoms with van der Waals surface area (Å²) >= 11 is 0. The van der Waals surface area contributed by atoms with E-state index in [-0.39, 0.29) is 0 Å². The molecule has 14 heavy (non-hydrogen) atoms. The lowest BCUT2D eigenvalue weighted by Crippen LogP contribution is -2.16. The highest BCUT2D eigenvalue weighted by molar-refractivity contribution is 5.44. The average Bonchev–Trinajstić information content (AvgIpc) is 2.18. The maximum absolute atomic E-state index is 9.26. The number of likely N-dealkylation sites (N-methyl/N-ethyl adjacent to an activating group) is 1. The lowest BCUT2D eigenvalue weighted by molar-refractivity contribution is 0.194. The van der Waals surface area contributed by atoms with Crippen molar-refractivity contribution in [3.05, 3.63) is 36.7 Å². The summed E-state index contributed by atoms with van der Waals surface area (Å²) in [6.07, 6.45) is 3.09. The largest absolute Gasteiger partial charge is 0.387 e. The summed E-state index contributed by atoms with van der Waals surface area (Å²) in [4.78, 5) is 6.19. The van der Waals surface area contributed by atoms with E-state index in [1.165, 1.54) is 0 Å². The van der Waals surface area contributed by atoms with Gasteiger partial charge >= 0.3 is 0 Å². The van der Waals surface area contributed by atoms with Crippen molar-refractivity contribution in [3.8, 4) is 0 Å². The molecule has 1 aromatic rings. The molecule has 0 aliphatic heterocycles. The Kier molecular flexibility index (Phi) is 3.65. The zero-order valence-corrected chi connectivity index (χ0v) is 8.64. The number of anilines is 1. The topological polar surface area (TPSA) is 36.4 Å². The van der Waals surface area contributed by atoms with Gasteiger partial charge in [-0.05, 0) is 19.1 Å². The second kappa shape index (κ2) is 4.77. The van der Waals surface area contributed by atoms with Crippen LogP contribution in [0.3, 0.4) is 0 Å². The van der Waals surface area contributed by atoms with Crippen LogP contribution in [0.4, 0.5) is 5.69 Å². The molecule has 0 spiro atoms. The Balaban J connectivity index is 2.77. The second-order valence-electron chi connectivity index (χ2n) is 3.29. The van der Waals surface area contributed by atoms with Gasteiger partial charge in [-0.25, -0.2) is 0 Å². The number of aliphatic hydroxyl groups is 1. The zero-order valence-electron chi connectivity index (χ0n) is 8.64. The van der Waals surface area contributed by atoms with Crippen molar-refractivity contribution in [1.82, 2.24) is 4.98 Å². The van der Waals surface area contributed by atoms with Gasteiger partial charge in [-0.1, -0.05) is 6.08 Å². The summed E-state index contributed by atoms with van der Waals surface area (Å²) in [6, 6.07) is 3.78. The van der Waals surface area contributed by atoms with Crippen molar-refractivity contribution < 1.29 is 5.11 Å². The molecular weight excluding hydrogens is 176 g/mol. The predicted molar refractivity (Wildman–Crippen MR) is 58.3 cm³/mol. The molecule has 1 aromatic heterocycles. The summed E-state index contributed by atoms with van der Waals surface area (Å²) in [5.41, 5.74) is 1.72. The van der Waals surface area contributed by atoms with Crippen molar-refractivity contribution in [1.29, 1.82) is 0 Å². The first-order valence-electron chi connectivity index (χ1n) is 4.61. The van der Waals surface area contributed by atoms with E-state index < -0.39 is 6.10 Å². The summed E-state index contributed by atoms with van der Waals surface area (Å²) < 4.78 is 0. The van der Waals surface area contributed by atoms with Crippen LogP contribution < -0.4 is 4.90 Å². The van der Waals surface area contributed by atoms with Crippen LogP contribution in [0.2, 0.25) is 0 Å². The van der Waals surface area contributed by atoms with E-state index in [1.807, 2.05) is 30.2 Å². The Bertz CT molecular complexity index is 293. The molecule has 0 unspecified atom stereocenters. The van der Waals surface area contributed by atoms with Gasteiger partial charge in [0, 0.05) is 13.6 Å². The van der Waals surface area contributed by atoms with Crippen LogP contribution in [-0.4, -0.2) is 23.7 Å². The van der Waals surface area contributed by atoms with Crippen molar-refractivity contribution >= 4 is 5.69 Å². The predicted octanol–water partition coefficient (Wildman–Crippen LogP) is 1.76. The van der Waals surface area contributed by atoms with Crippen LogP contribution in [0.25, 0.3) is 0 Å². The van der Waals surface area contributed by atoms with Crippen molar-refractivity contribution in [2.24, 2.45) is 0 Å². The fourth-order valence-electron chi connectivity index (χ4n) is 1.17. The average molecular weight is 192 g/mol. The van der Waals surface area contributed by atoms with Gasteiger partial charge < -0.3 is 10.0 Å². The number of pyridine rings is 1. The minimum atomic E-state index is -0.506. The number of nitrogens with zero attached hydrogens (tertiary/aromatic N) is 2. The fraction of sp³-hybridized carbons (Fsp3) is 0.364. The monoisotopic (exact) mass is 192 g/mol. The van der Waals surface area contributed by atoms with Crippen LogP contribution in [0.15, 0.2) is 31.0 Å². The Morgan fingerprint density at radius 3 is 2.79 bits per heavy atom. The van der Waals surface area contributed by atoms with Gasteiger partial charge in [-0.2, -0.15) is 0 Å². The smallest absolute Gasteiger partial charge is 0.0931 e. The van der Waals surface area contributed by atoms with Gasteiger partial charge in [0.15, 0.2) is 0 Å². The van der Waals surface area contributed by atoms with Crippen LogP contribution in [0.5, 0.6) is 0 Å². The van der Waals surface area contributed by atoms with Crippen molar-refractivity contribution in [2.75, 3.05) is 18.5 Å². The quantitative estimate of drug-likeness (QED) is 0.738. The molecule has 0 saturated heterocycles. The molecule has 0 fully saturated rings. The molecule has 0 aliphatic rings. The van der Waals surface area contributed by atoms with Crippen LogP contribution in [-0.2, 0) is 0 Å². The summed E-state index contributed by atoms with van der Waals surface area (Å²) in [7, 11) is 1.97. The Morgan fingerprint density at radius 1 is 1.64 bits per heavy atom. The Labute approximate surface area is 84.7 Å². The fourth-order valence-corrected chi connectivity index (χ4v) is 1.17. The third-order valence-corrected chi connectivity index (χ3v) is 2.04. The highest BCUT2D eigenvalue weighted by atomic mass is 16.3. The second-order valence-corrected chi connectivity index (χ2v) is 3.29. The Morgan fingerprint density at radius 2 is 2.36 bits per heavy atom. The van der Waals surface area contributed by atoms with Gasteiger partial charge in [0.05, 0.1) is 23.7 Å². The molecule has 0 saturated carbocycles. The van der Waals surface area contributed by atoms with Gasteiger partial charge in [0.2, 0.25) is 0 Å². The van der Waals surface area contributed by atoms with Crippen LogP contribution in [0.1, 0.15) is 18.7 Å². The molecule has 0 aliphatic carbocycles. The molecule has 0 aromatic carbocycles. The lowest BCUT2D eigenvalue weighted by Gasteiger charge is -2.16. The molecule has 0 amide bonds. The third-order valence-electron chi connectivity index (χ3n) is 2.04. The summed E-state index contributed by atoms with van der Waals surface area (Å²) in [6.45, 7) is 6.16. The maximum Gasteiger partial charge on any atom is 0.0931 e. The first-order chi connectivity index (χ1) is 6.65. The minimum Gasteiger partial charge on any atom is -0.387 e. The van der Waals surface area contributed by atoms with E-state index in [0.717, 1.165) is 12.2 Å². The van der Waals surface area contributed by atoms with E-state index in [9.17, 15) is 5.11 Å². The van der Waals surface area contributed by atoms with Crippen LogP contribution in [0, 0.1) is 0 Å². The molecule has 0 bridgehead atoms. The normalized spacial score (nSPS) is 12.2. The molecule has 1 rings (SSSR count). The van der Waals surface area contributed by atoms with Crippen molar-refractivity contribution in [3.63, 3.8) is 0 Å². The standard InChI is InChI=1S/C11H16N2O/c1-4-7-13(3)10-5-6-11(9(2)14)12-8-10/h4-6,8-9,14H,1,7H2,2-3H3/t9-/m1/s1. The van der Waals surface area contributed by atoms with Gasteiger partial charge in [-0.3, -0.25) is 4.98 Å². The van der Waals surface area contributed by atoms with E-state index in [4.69, 9.17) is 0 Å². The molecule has 76 valence electrons. The van der Waals surface area contributed by atoms with E-state index in [2.05, 4.69) is 11.6 Å². The SMILES string of the molecule is C=CCN(C)c1ccc([C@@H](C)O)nc1. The number of aliphatic hydroxyl groups excluding tert-OH is 1. The maximum atomic E-state index is 9.26. The summed E-state index contributed by atoms with van der Waals surface area (Å²) in [5, 5.41) is 9.26. The third kappa shape index (κ3) is 2.57. The molecular formula is C11H16N2O. The molecule has 1 heterocycles. The number of hydrogen-bond acceptors (Lipinski definition) is 3. The van der Waals surface area contributed by atoms with Crippen molar-refractivity contribution in [2.45, 2.75) is 13.0 Å². The highest BCUT2D eigenvalue weighted by Crippen LogP contribution is 2.14. The number of rotatable bonds is 4. The van der Waals surface area contributed by atoms with E-state index in [1.54, 1.807) is 13.1 Å². The molecule has 1 atom stereocenters. The molecule has 0 radical (unpaired) electrons. The van der Waals surface area contributed by atoms with Crippen LogP contribution >= 0.6 is 0 Å².